The molecule has 7 heteroatoms. The van der Waals surface area contributed by atoms with Crippen LogP contribution < -0.4 is 0 Å². The highest BCUT2D eigenvalue weighted by Crippen LogP contribution is 2.22. The van der Waals surface area contributed by atoms with Crippen molar-refractivity contribution in [1.82, 2.24) is 19.7 Å². The highest BCUT2D eigenvalue weighted by atomic mass is 16.2. The number of hydrogen-bond donors (Lipinski definition) is 1. The Kier molecular flexibility index (Phi) is 7.70. The molecule has 31 heavy (non-hydrogen) atoms. The fraction of sp³-hybridized carbons (Fsp3) is 0.708. The lowest BCUT2D eigenvalue weighted by Crippen LogP contribution is -2.52. The normalized spacial score (nSPS) is 23.2. The number of piperazine rings is 1. The van der Waals surface area contributed by atoms with Gasteiger partial charge in [0.25, 0.3) is 0 Å². The molecule has 1 N–H and O–H groups in total. The molecule has 2 unspecified atom stereocenters. The summed E-state index contributed by atoms with van der Waals surface area (Å²) in [6, 6.07) is 0. The molecule has 3 rings (SSSR count). The fourth-order valence-electron chi connectivity index (χ4n) is 5.29. The maximum Gasteiger partial charge on any atom is 0.236 e. The number of carbonyl (C=O) groups excluding carboxylic acids is 3. The third kappa shape index (κ3) is 5.63. The molecule has 3 heterocycles. The number of amides is 1. The molecule has 2 aliphatic rings. The van der Waals surface area contributed by atoms with Gasteiger partial charge in [-0.2, -0.15) is 0 Å². The molecule has 7 nitrogen and oxygen atoms in total. The number of piperidine rings is 1. The number of H-pyrrole nitrogens is 1. The van der Waals surface area contributed by atoms with Gasteiger partial charge in [-0.3, -0.25) is 24.2 Å². The molecule has 0 radical (unpaired) electrons. The monoisotopic (exact) mass is 430 g/mol. The van der Waals surface area contributed by atoms with E-state index in [1.165, 1.54) is 6.42 Å². The minimum Gasteiger partial charge on any atom is -0.355 e. The molecule has 172 valence electrons. The number of aromatic amines is 1. The van der Waals surface area contributed by atoms with Gasteiger partial charge in [-0.1, -0.05) is 20.8 Å². The van der Waals surface area contributed by atoms with E-state index in [0.717, 1.165) is 50.5 Å². The van der Waals surface area contributed by atoms with Gasteiger partial charge in [0.2, 0.25) is 5.91 Å². The standard InChI is InChI=1S/C24H38N4O3/c1-6-20-23(19(5)29)18(4)25-24(20)21(30)14-26-7-9-27(10-8-26)15-22(31)28-12-16(2)11-17(3)13-28/h16-17,25H,6-15H2,1-5H3. The van der Waals surface area contributed by atoms with Crippen molar-refractivity contribution in [2.75, 3.05) is 52.4 Å². The molecule has 2 fully saturated rings. The summed E-state index contributed by atoms with van der Waals surface area (Å²) in [6.45, 7) is 15.5. The Bertz CT molecular complexity index is 813. The van der Waals surface area contributed by atoms with Crippen molar-refractivity contribution in [3.05, 3.63) is 22.5 Å². The third-order valence-electron chi connectivity index (χ3n) is 6.69. The first-order chi connectivity index (χ1) is 14.7. The van der Waals surface area contributed by atoms with Gasteiger partial charge in [0.1, 0.15) is 0 Å². The lowest BCUT2D eigenvalue weighted by atomic mass is 9.92. The summed E-state index contributed by atoms with van der Waals surface area (Å²) in [5.41, 5.74) is 2.85. The fourth-order valence-corrected chi connectivity index (χ4v) is 5.29. The first kappa shape index (κ1) is 23.7. The van der Waals surface area contributed by atoms with Crippen LogP contribution in [0.3, 0.4) is 0 Å². The van der Waals surface area contributed by atoms with Gasteiger partial charge in [-0.15, -0.1) is 0 Å². The van der Waals surface area contributed by atoms with E-state index in [0.29, 0.717) is 42.6 Å². The zero-order valence-corrected chi connectivity index (χ0v) is 19.8. The molecule has 2 saturated heterocycles. The van der Waals surface area contributed by atoms with Crippen LogP contribution in [0.15, 0.2) is 0 Å². The van der Waals surface area contributed by atoms with Gasteiger partial charge >= 0.3 is 0 Å². The second kappa shape index (κ2) is 10.1. The Balaban J connectivity index is 1.51. The minimum absolute atomic E-state index is 0.000393. The number of aromatic nitrogens is 1. The number of aryl methyl sites for hydroxylation is 1. The van der Waals surface area contributed by atoms with Crippen molar-refractivity contribution in [1.29, 1.82) is 0 Å². The highest BCUT2D eigenvalue weighted by molar-refractivity contribution is 6.04. The number of carbonyl (C=O) groups is 3. The van der Waals surface area contributed by atoms with Crippen LogP contribution in [-0.4, -0.2) is 89.5 Å². The number of rotatable bonds is 7. The average Bonchev–Trinajstić information content (AvgIpc) is 3.05. The molecule has 0 saturated carbocycles. The Morgan fingerprint density at radius 2 is 1.52 bits per heavy atom. The van der Waals surface area contributed by atoms with Crippen LogP contribution in [0.25, 0.3) is 0 Å². The summed E-state index contributed by atoms with van der Waals surface area (Å²) in [5.74, 6) is 1.41. The predicted octanol–water partition coefficient (Wildman–Crippen LogP) is 2.39. The number of nitrogens with zero attached hydrogens (tertiary/aromatic N) is 3. The minimum atomic E-state index is 0.000393. The third-order valence-corrected chi connectivity index (χ3v) is 6.69. The molecule has 0 aromatic carbocycles. The topological polar surface area (TPSA) is 76.7 Å². The predicted molar refractivity (Wildman–Crippen MR) is 122 cm³/mol. The summed E-state index contributed by atoms with van der Waals surface area (Å²) >= 11 is 0. The molecule has 0 bridgehead atoms. The first-order valence-electron chi connectivity index (χ1n) is 11.7. The molecular weight excluding hydrogens is 392 g/mol. The van der Waals surface area contributed by atoms with Gasteiger partial charge in [-0.05, 0) is 44.1 Å². The number of nitrogens with one attached hydrogen (secondary N) is 1. The van der Waals surface area contributed by atoms with Crippen molar-refractivity contribution in [3.8, 4) is 0 Å². The smallest absolute Gasteiger partial charge is 0.236 e. The first-order valence-corrected chi connectivity index (χ1v) is 11.7. The van der Waals surface area contributed by atoms with Gasteiger partial charge in [-0.25, -0.2) is 0 Å². The number of Topliss-reactive ketones (excluding diaryl/α,β-unsaturated/α-hetero) is 2. The van der Waals surface area contributed by atoms with E-state index in [9.17, 15) is 14.4 Å². The molecule has 1 aromatic heterocycles. The van der Waals surface area contributed by atoms with Crippen LogP contribution in [0, 0.1) is 18.8 Å². The maximum atomic E-state index is 12.9. The zero-order valence-electron chi connectivity index (χ0n) is 19.8. The molecule has 1 aromatic rings. The van der Waals surface area contributed by atoms with Gasteiger partial charge < -0.3 is 9.88 Å². The molecule has 1 amide bonds. The number of hydrogen-bond acceptors (Lipinski definition) is 5. The molecular formula is C24H38N4O3. The summed E-state index contributed by atoms with van der Waals surface area (Å²) in [7, 11) is 0. The lowest BCUT2D eigenvalue weighted by Gasteiger charge is -2.38. The summed E-state index contributed by atoms with van der Waals surface area (Å²) < 4.78 is 0. The van der Waals surface area contributed by atoms with E-state index in [2.05, 4.69) is 28.6 Å². The van der Waals surface area contributed by atoms with Crippen LogP contribution in [0.2, 0.25) is 0 Å². The molecule has 2 atom stereocenters. The van der Waals surface area contributed by atoms with Gasteiger partial charge in [0.15, 0.2) is 11.6 Å². The van der Waals surface area contributed by atoms with E-state index in [-0.39, 0.29) is 17.5 Å². The second-order valence-corrected chi connectivity index (χ2v) is 9.61. The largest absolute Gasteiger partial charge is 0.355 e. The Labute approximate surface area is 186 Å². The summed E-state index contributed by atoms with van der Waals surface area (Å²) in [5, 5.41) is 0. The van der Waals surface area contributed by atoms with Gasteiger partial charge in [0, 0.05) is 50.5 Å². The lowest BCUT2D eigenvalue weighted by molar-refractivity contribution is -0.135. The average molecular weight is 431 g/mol. The molecule has 0 spiro atoms. The van der Waals surface area contributed by atoms with Crippen LogP contribution in [0.5, 0.6) is 0 Å². The van der Waals surface area contributed by atoms with E-state index in [4.69, 9.17) is 0 Å². The van der Waals surface area contributed by atoms with E-state index in [1.807, 2.05) is 18.7 Å². The van der Waals surface area contributed by atoms with Crippen LogP contribution in [-0.2, 0) is 11.2 Å². The van der Waals surface area contributed by atoms with Crippen molar-refractivity contribution in [2.24, 2.45) is 11.8 Å². The summed E-state index contributed by atoms with van der Waals surface area (Å²) in [4.78, 5) is 47.2. The number of ketones is 2. The van der Waals surface area contributed by atoms with Crippen molar-refractivity contribution < 1.29 is 14.4 Å². The van der Waals surface area contributed by atoms with E-state index >= 15 is 0 Å². The van der Waals surface area contributed by atoms with Crippen LogP contribution in [0.4, 0.5) is 0 Å². The maximum absolute atomic E-state index is 12.9. The molecule has 2 aliphatic heterocycles. The van der Waals surface area contributed by atoms with Crippen molar-refractivity contribution in [2.45, 2.75) is 47.5 Å². The SMILES string of the molecule is CCc1c(C(=O)CN2CCN(CC(=O)N3CC(C)CC(C)C3)CC2)[nH]c(C)c1C(C)=O. The Morgan fingerprint density at radius 3 is 2.03 bits per heavy atom. The van der Waals surface area contributed by atoms with Crippen molar-refractivity contribution in [3.63, 3.8) is 0 Å². The summed E-state index contributed by atoms with van der Waals surface area (Å²) in [6.07, 6.45) is 1.86. The van der Waals surface area contributed by atoms with Crippen LogP contribution in [0.1, 0.15) is 66.2 Å². The van der Waals surface area contributed by atoms with E-state index in [1.54, 1.807) is 6.92 Å². The second-order valence-electron chi connectivity index (χ2n) is 9.61. The zero-order chi connectivity index (χ0) is 22.7. The van der Waals surface area contributed by atoms with Crippen molar-refractivity contribution >= 4 is 17.5 Å². The Hall–Kier alpha value is -1.99. The van der Waals surface area contributed by atoms with Crippen LogP contribution >= 0.6 is 0 Å². The number of likely N-dealkylation sites (tertiary alicyclic amines) is 1. The Morgan fingerprint density at radius 1 is 0.968 bits per heavy atom. The van der Waals surface area contributed by atoms with E-state index < -0.39 is 0 Å². The van der Waals surface area contributed by atoms with Gasteiger partial charge in [0.05, 0.1) is 18.8 Å². The quantitative estimate of drug-likeness (QED) is 0.672. The molecule has 0 aliphatic carbocycles. The highest BCUT2D eigenvalue weighted by Gasteiger charge is 2.28.